The van der Waals surface area contributed by atoms with Crippen LogP contribution in [0.15, 0.2) is 47.6 Å². The molecule has 1 aromatic rings. The summed E-state index contributed by atoms with van der Waals surface area (Å²) < 4.78 is 47.8. The zero-order valence-corrected chi connectivity index (χ0v) is 7.97. The number of hydrogen-bond acceptors (Lipinski definition) is 2. The van der Waals surface area contributed by atoms with Gasteiger partial charge in [0.05, 0.1) is 4.90 Å². The molecule has 0 spiro atoms. The first-order valence-electron chi connectivity index (χ1n) is 3.73. The molecule has 0 radical (unpaired) electrons. The van der Waals surface area contributed by atoms with Crippen LogP contribution in [0.4, 0.5) is 8.78 Å². The summed E-state index contributed by atoms with van der Waals surface area (Å²) in [5, 5.41) is 0. The molecule has 1 aromatic carbocycles. The van der Waals surface area contributed by atoms with Crippen LogP contribution in [-0.4, -0.2) is 13.9 Å². The molecule has 5 heteroatoms. The molecule has 1 atom stereocenters. The van der Waals surface area contributed by atoms with Gasteiger partial charge < -0.3 is 0 Å². The van der Waals surface area contributed by atoms with E-state index in [1.807, 2.05) is 0 Å². The van der Waals surface area contributed by atoms with Crippen molar-refractivity contribution in [2.24, 2.45) is 0 Å². The molecule has 0 aromatic heterocycles. The van der Waals surface area contributed by atoms with E-state index in [4.69, 9.17) is 0 Å². The number of rotatable bonds is 3. The summed E-state index contributed by atoms with van der Waals surface area (Å²) >= 11 is 0. The molecule has 1 unspecified atom stereocenters. The maximum absolute atomic E-state index is 12.9. The van der Waals surface area contributed by atoms with Crippen LogP contribution in [0.5, 0.6) is 0 Å². The summed E-state index contributed by atoms with van der Waals surface area (Å²) in [4.78, 5) is -0.258. The van der Waals surface area contributed by atoms with Crippen LogP contribution in [0.1, 0.15) is 0 Å². The Morgan fingerprint density at radius 3 is 2.21 bits per heavy atom. The second kappa shape index (κ2) is 3.88. The van der Waals surface area contributed by atoms with E-state index in [2.05, 4.69) is 6.58 Å². The highest BCUT2D eigenvalue weighted by molar-refractivity contribution is 7.92. The van der Waals surface area contributed by atoms with Crippen molar-refractivity contribution in [1.29, 1.82) is 0 Å². The largest absolute Gasteiger partial charge is 0.255 e. The van der Waals surface area contributed by atoms with Crippen LogP contribution in [0, 0.1) is 0 Å². The van der Waals surface area contributed by atoms with Crippen molar-refractivity contribution < 1.29 is 17.2 Å². The van der Waals surface area contributed by atoms with E-state index in [9.17, 15) is 17.2 Å². The molecular weight excluding hydrogens is 210 g/mol. The van der Waals surface area contributed by atoms with E-state index in [1.54, 1.807) is 6.07 Å². The first kappa shape index (κ1) is 10.8. The Morgan fingerprint density at radius 1 is 1.29 bits per heavy atom. The van der Waals surface area contributed by atoms with E-state index < -0.39 is 21.2 Å². The molecule has 0 bridgehead atoms. The molecule has 0 N–H and O–H groups in total. The molecule has 76 valence electrons. The Kier molecular flexibility index (Phi) is 3.00. The average Bonchev–Trinajstić information content (AvgIpc) is 2.18. The van der Waals surface area contributed by atoms with Gasteiger partial charge in [0.15, 0.2) is 0 Å². The standard InChI is InChI=1S/C9H8F2O2S/c1-7(10)9(11)14(12,13)8-5-3-2-4-6-8/h2-6,9H,1H2. The van der Waals surface area contributed by atoms with E-state index in [1.165, 1.54) is 24.3 Å². The second-order valence-corrected chi connectivity index (χ2v) is 4.60. The van der Waals surface area contributed by atoms with Crippen molar-refractivity contribution in [2.75, 3.05) is 0 Å². The van der Waals surface area contributed by atoms with Crippen molar-refractivity contribution >= 4 is 9.84 Å². The molecule has 0 saturated carbocycles. The second-order valence-electron chi connectivity index (χ2n) is 2.62. The van der Waals surface area contributed by atoms with Crippen molar-refractivity contribution in [3.8, 4) is 0 Å². The molecule has 0 heterocycles. The van der Waals surface area contributed by atoms with E-state index in [-0.39, 0.29) is 4.90 Å². The third kappa shape index (κ3) is 1.98. The van der Waals surface area contributed by atoms with Crippen LogP contribution in [0.2, 0.25) is 0 Å². The van der Waals surface area contributed by atoms with Crippen molar-refractivity contribution in [1.82, 2.24) is 0 Å². The zero-order chi connectivity index (χ0) is 10.8. The first-order chi connectivity index (χ1) is 6.46. The lowest BCUT2D eigenvalue weighted by Crippen LogP contribution is -2.16. The Bertz CT molecular complexity index is 425. The topological polar surface area (TPSA) is 34.1 Å². The molecule has 2 nitrogen and oxygen atoms in total. The SMILES string of the molecule is C=C(F)C(F)S(=O)(=O)c1ccccc1. The van der Waals surface area contributed by atoms with Crippen molar-refractivity contribution in [2.45, 2.75) is 10.4 Å². The van der Waals surface area contributed by atoms with Crippen LogP contribution in [-0.2, 0) is 9.84 Å². The molecule has 14 heavy (non-hydrogen) atoms. The minimum Gasteiger partial charge on any atom is -0.222 e. The minimum atomic E-state index is -4.28. The summed E-state index contributed by atoms with van der Waals surface area (Å²) in [6.45, 7) is 2.63. The molecule has 0 saturated heterocycles. The van der Waals surface area contributed by atoms with Gasteiger partial charge in [-0.2, -0.15) is 0 Å². The molecule has 0 aliphatic carbocycles. The molecule has 0 aliphatic rings. The predicted molar refractivity (Wildman–Crippen MR) is 48.8 cm³/mol. The van der Waals surface area contributed by atoms with Gasteiger partial charge in [-0.15, -0.1) is 0 Å². The Morgan fingerprint density at radius 2 is 1.79 bits per heavy atom. The van der Waals surface area contributed by atoms with E-state index in [0.717, 1.165) is 0 Å². The molecule has 0 amide bonds. The van der Waals surface area contributed by atoms with Gasteiger partial charge >= 0.3 is 0 Å². The fourth-order valence-electron chi connectivity index (χ4n) is 0.898. The third-order valence-corrected chi connectivity index (χ3v) is 3.32. The lowest BCUT2D eigenvalue weighted by molar-refractivity contribution is 0.401. The Balaban J connectivity index is 3.16. The number of alkyl halides is 1. The maximum Gasteiger partial charge on any atom is 0.255 e. The van der Waals surface area contributed by atoms with Crippen molar-refractivity contribution in [3.63, 3.8) is 0 Å². The normalized spacial score (nSPS) is 13.6. The molecular formula is C9H8F2O2S. The monoisotopic (exact) mass is 218 g/mol. The molecule has 0 fully saturated rings. The maximum atomic E-state index is 12.9. The Hall–Kier alpha value is -1.23. The lowest BCUT2D eigenvalue weighted by Gasteiger charge is -2.06. The molecule has 0 aliphatic heterocycles. The van der Waals surface area contributed by atoms with Gasteiger partial charge in [-0.25, -0.2) is 17.2 Å². The minimum absolute atomic E-state index is 0.258. The van der Waals surface area contributed by atoms with Gasteiger partial charge in [0, 0.05) is 0 Å². The van der Waals surface area contributed by atoms with Gasteiger partial charge in [0.2, 0.25) is 9.84 Å². The molecule has 1 rings (SSSR count). The summed E-state index contributed by atoms with van der Waals surface area (Å²) in [6, 6.07) is 6.84. The number of benzene rings is 1. The quantitative estimate of drug-likeness (QED) is 0.779. The highest BCUT2D eigenvalue weighted by Gasteiger charge is 2.29. The highest BCUT2D eigenvalue weighted by Crippen LogP contribution is 2.21. The van der Waals surface area contributed by atoms with E-state index in [0.29, 0.717) is 0 Å². The number of sulfone groups is 1. The summed E-state index contributed by atoms with van der Waals surface area (Å²) in [6.07, 6.45) is 0. The van der Waals surface area contributed by atoms with Crippen LogP contribution >= 0.6 is 0 Å². The highest BCUT2D eigenvalue weighted by atomic mass is 32.2. The van der Waals surface area contributed by atoms with Gasteiger partial charge in [-0.1, -0.05) is 24.8 Å². The summed E-state index contributed by atoms with van der Waals surface area (Å²) in [5.74, 6) is -1.51. The third-order valence-electron chi connectivity index (χ3n) is 1.59. The fraction of sp³-hybridized carbons (Fsp3) is 0.111. The van der Waals surface area contributed by atoms with Crippen molar-refractivity contribution in [3.05, 3.63) is 42.7 Å². The van der Waals surface area contributed by atoms with Gasteiger partial charge in [0.1, 0.15) is 5.83 Å². The zero-order valence-electron chi connectivity index (χ0n) is 7.15. The number of hydrogen-bond donors (Lipinski definition) is 0. The summed E-state index contributed by atoms with van der Waals surface area (Å²) in [7, 11) is -4.28. The predicted octanol–water partition coefficient (Wildman–Crippen LogP) is 2.24. The van der Waals surface area contributed by atoms with E-state index >= 15 is 0 Å². The smallest absolute Gasteiger partial charge is 0.222 e. The lowest BCUT2D eigenvalue weighted by atomic mass is 10.4. The van der Waals surface area contributed by atoms with Gasteiger partial charge in [-0.3, -0.25) is 0 Å². The van der Waals surface area contributed by atoms with Crippen LogP contribution in [0.3, 0.4) is 0 Å². The first-order valence-corrected chi connectivity index (χ1v) is 5.28. The van der Waals surface area contributed by atoms with Crippen LogP contribution < -0.4 is 0 Å². The average molecular weight is 218 g/mol. The fourth-order valence-corrected chi connectivity index (χ4v) is 2.01. The van der Waals surface area contributed by atoms with Crippen LogP contribution in [0.25, 0.3) is 0 Å². The summed E-state index contributed by atoms with van der Waals surface area (Å²) in [5.41, 5.74) is -2.69. The Labute approximate surface area is 80.8 Å². The number of halogens is 2. The van der Waals surface area contributed by atoms with Gasteiger partial charge in [0.25, 0.3) is 5.50 Å². The van der Waals surface area contributed by atoms with Gasteiger partial charge in [-0.05, 0) is 12.1 Å².